The fourth-order valence-electron chi connectivity index (χ4n) is 9.53. The number of imidazole rings is 1. The average molecular weight is 1380 g/mol. The van der Waals surface area contributed by atoms with Crippen molar-refractivity contribution in [1.29, 1.82) is 0 Å². The number of carbonyl (C=O) groups is 18. The van der Waals surface area contributed by atoms with Gasteiger partial charge in [0, 0.05) is 24.9 Å². The van der Waals surface area contributed by atoms with Crippen molar-refractivity contribution in [2.24, 2.45) is 29.4 Å². The van der Waals surface area contributed by atoms with E-state index < -0.39 is 242 Å². The van der Waals surface area contributed by atoms with Crippen molar-refractivity contribution in [2.45, 2.75) is 186 Å². The molecule has 0 aromatic carbocycles. The number of nitrogens with one attached hydrogen (secondary N) is 12. The second-order valence-corrected chi connectivity index (χ2v) is 24.1. The molecule has 2 heterocycles. The third-order valence-electron chi connectivity index (χ3n) is 14.5. The van der Waals surface area contributed by atoms with Gasteiger partial charge in [0.2, 0.25) is 70.9 Å². The summed E-state index contributed by atoms with van der Waals surface area (Å²) in [6.07, 6.45) is -3.07. The number of aromatic amines is 1. The van der Waals surface area contributed by atoms with Gasteiger partial charge in [-0.3, -0.25) is 81.5 Å². The Morgan fingerprint density at radius 3 is 1.29 bits per heavy atom. The van der Waals surface area contributed by atoms with Crippen LogP contribution in [0, 0.1) is 23.7 Å². The van der Waals surface area contributed by atoms with E-state index in [9.17, 15) is 117 Å². The predicted octanol–water partition coefficient (Wildman–Crippen LogP) is -7.30. The van der Waals surface area contributed by atoms with Crippen molar-refractivity contribution < 1.29 is 122 Å². The first-order valence-corrected chi connectivity index (χ1v) is 30.4. The van der Waals surface area contributed by atoms with E-state index >= 15 is 0 Å². The number of amides is 12. The number of aliphatic hydroxyl groups is 1. The number of carboxylic acid groups (broad SMARTS) is 6. The highest BCUT2D eigenvalue weighted by molar-refractivity contribution is 6.01. The van der Waals surface area contributed by atoms with Crippen LogP contribution in [0.2, 0.25) is 0 Å². The SMILES string of the molecule is CC(C)C[C@H](NC(=O)[C@@H](NC(=O)[C@H](CC(=O)O)NC(=O)[C@H](CO)NC(=O)[C@@H](NC(=O)[C@@H](N)Cc1cnc[nH]1)C(C)C)C(C)C)C(=O)N1CCC[C@H]1C(=O)N[C@@H](CC(=O)O)C(=O)N[C@@H](CC(=O)O)C(=O)N[C@H](C(=O)NCC(=O)N[C@@H](CC(=O)O)C(=O)N[C@@H](CC(=O)O)C(=O)O)C(C)C. The summed E-state index contributed by atoms with van der Waals surface area (Å²) in [4.78, 5) is 241. The Labute approximate surface area is 553 Å². The Morgan fingerprint density at radius 2 is 0.876 bits per heavy atom. The summed E-state index contributed by atoms with van der Waals surface area (Å²) >= 11 is 0. The lowest BCUT2D eigenvalue weighted by atomic mass is 9.98. The van der Waals surface area contributed by atoms with Crippen LogP contribution in [0.15, 0.2) is 12.5 Å². The van der Waals surface area contributed by atoms with Gasteiger partial charge in [-0.25, -0.2) is 9.78 Å². The van der Waals surface area contributed by atoms with Gasteiger partial charge < -0.3 is 110 Å². The van der Waals surface area contributed by atoms with Crippen molar-refractivity contribution >= 4 is 107 Å². The molecule has 12 amide bonds. The minimum absolute atomic E-state index is 0.0160. The summed E-state index contributed by atoms with van der Waals surface area (Å²) in [5.74, 6) is -26.8. The zero-order valence-corrected chi connectivity index (χ0v) is 54.3. The number of rotatable bonds is 42. The topological polar surface area (TPSA) is 639 Å². The normalized spacial score (nSPS) is 16.1. The van der Waals surface area contributed by atoms with E-state index in [1.54, 1.807) is 33.0 Å². The van der Waals surface area contributed by atoms with Gasteiger partial charge in [0.25, 0.3) is 0 Å². The van der Waals surface area contributed by atoms with Crippen LogP contribution in [0.1, 0.15) is 112 Å². The number of nitrogens with two attached hydrogens (primary N) is 1. The molecule has 0 saturated carbocycles. The Hall–Kier alpha value is -10.4. The Kier molecular flexibility index (Phi) is 33.6. The van der Waals surface area contributed by atoms with Gasteiger partial charge in [0.1, 0.15) is 66.5 Å². The van der Waals surface area contributed by atoms with E-state index in [4.69, 9.17) is 10.8 Å². The highest BCUT2D eigenvalue weighted by Crippen LogP contribution is 2.22. The molecule has 0 spiro atoms. The number of carbonyl (C=O) groups excluding carboxylic acids is 12. The van der Waals surface area contributed by atoms with Crippen LogP contribution < -0.4 is 64.2 Å². The molecule has 40 heteroatoms. The maximum absolute atomic E-state index is 14.5. The molecule has 97 heavy (non-hydrogen) atoms. The van der Waals surface area contributed by atoms with E-state index in [0.29, 0.717) is 5.69 Å². The molecule has 1 aliphatic heterocycles. The summed E-state index contributed by atoms with van der Waals surface area (Å²) in [6.45, 7) is 9.83. The van der Waals surface area contributed by atoms with E-state index in [1.165, 1.54) is 40.2 Å². The highest BCUT2D eigenvalue weighted by Gasteiger charge is 2.42. The average Bonchev–Trinajstić information content (AvgIpc) is 1.77. The molecule has 0 unspecified atom stereocenters. The predicted molar refractivity (Wildman–Crippen MR) is 327 cm³/mol. The monoisotopic (exact) mass is 1380 g/mol. The molecule has 540 valence electrons. The highest BCUT2D eigenvalue weighted by atomic mass is 16.4. The smallest absolute Gasteiger partial charge is 0.326 e. The maximum atomic E-state index is 14.5. The molecular formula is C57H87N15O25. The Balaban J connectivity index is 2.30. The molecule has 21 N–H and O–H groups in total. The standard InChI is InChI=1S/C57H87N15O25/c1-23(2)12-33(66-54(93)45(26(7)8)71-50(89)32(17-41(81)82)64-51(90)35(21-73)68-55(94)44(25(5)6)69-46(85)28(58)13-27-19-59-22-61-27)56(95)72-11-9-10-36(72)52(91)65-30(15-39(77)78)48(87)63-31(16-40(79)80)49(88)70-43(24(3)4)53(92)60-20-37(74)62-29(14-38(75)76)47(86)67-34(57(96)97)18-42(83)84/h19,22-26,28-36,43-45,73H,9-18,20-21,58H2,1-8H3,(H,59,61)(H,60,92)(H,62,74)(H,63,87)(H,64,90)(H,65,91)(H,66,93)(H,67,86)(H,68,94)(H,69,85)(H,70,88)(H,71,89)(H,75,76)(H,77,78)(H,79,80)(H,81,82)(H,83,84)(H,96,97)/t28-,29-,30-,31-,32-,33-,34-,35-,36-,43-,44-,45-/m0/s1. The Bertz CT molecular complexity index is 3050. The second-order valence-electron chi connectivity index (χ2n) is 24.1. The van der Waals surface area contributed by atoms with Crippen LogP contribution in [0.3, 0.4) is 0 Å². The quantitative estimate of drug-likeness (QED) is 0.0289. The summed E-state index contributed by atoms with van der Waals surface area (Å²) in [5.41, 5.74) is 6.54. The first kappa shape index (κ1) is 82.7. The summed E-state index contributed by atoms with van der Waals surface area (Å²) in [7, 11) is 0. The minimum Gasteiger partial charge on any atom is -0.481 e. The van der Waals surface area contributed by atoms with E-state index in [2.05, 4.69) is 52.5 Å². The largest absolute Gasteiger partial charge is 0.481 e. The van der Waals surface area contributed by atoms with Crippen molar-refractivity contribution in [3.63, 3.8) is 0 Å². The van der Waals surface area contributed by atoms with Crippen LogP contribution in [0.4, 0.5) is 0 Å². The van der Waals surface area contributed by atoms with Gasteiger partial charge in [-0.05, 0) is 42.9 Å². The van der Waals surface area contributed by atoms with Crippen molar-refractivity contribution in [1.82, 2.24) is 73.4 Å². The van der Waals surface area contributed by atoms with E-state index in [1.807, 2.05) is 10.6 Å². The number of H-pyrrole nitrogens is 1. The molecule has 0 bridgehead atoms. The van der Waals surface area contributed by atoms with Gasteiger partial charge in [-0.15, -0.1) is 0 Å². The van der Waals surface area contributed by atoms with Crippen LogP contribution in [-0.4, -0.2) is 250 Å². The molecule has 40 nitrogen and oxygen atoms in total. The zero-order valence-electron chi connectivity index (χ0n) is 54.3. The molecule has 0 radical (unpaired) electrons. The lowest BCUT2D eigenvalue weighted by molar-refractivity contribution is -0.148. The fraction of sp³-hybridized carbons (Fsp3) is 0.632. The first-order valence-electron chi connectivity index (χ1n) is 30.4. The molecule has 1 saturated heterocycles. The molecule has 12 atom stereocenters. The van der Waals surface area contributed by atoms with Crippen molar-refractivity contribution in [3.05, 3.63) is 18.2 Å². The number of hydrogen-bond acceptors (Lipinski definition) is 21. The minimum atomic E-state index is -2.12. The Morgan fingerprint density at radius 1 is 0.495 bits per heavy atom. The molecule has 2 rings (SSSR count). The number of hydrogen-bond donors (Lipinski definition) is 20. The molecule has 0 aliphatic carbocycles. The summed E-state index contributed by atoms with van der Waals surface area (Å²) in [5, 5.41) is 91.2. The lowest BCUT2D eigenvalue weighted by Gasteiger charge is -2.32. The third-order valence-corrected chi connectivity index (χ3v) is 14.5. The van der Waals surface area contributed by atoms with Crippen LogP contribution >= 0.6 is 0 Å². The fourth-order valence-corrected chi connectivity index (χ4v) is 9.53. The molecule has 1 aromatic rings. The number of aromatic nitrogens is 2. The van der Waals surface area contributed by atoms with Gasteiger partial charge in [-0.2, -0.15) is 0 Å². The first-order chi connectivity index (χ1) is 45.2. The van der Waals surface area contributed by atoms with Gasteiger partial charge in [-0.1, -0.05) is 55.4 Å². The summed E-state index contributed by atoms with van der Waals surface area (Å²) in [6, 6.07) is -20.7. The second kappa shape index (κ2) is 39.5. The van der Waals surface area contributed by atoms with Gasteiger partial charge in [0.05, 0.1) is 57.6 Å². The number of carboxylic acids is 6. The van der Waals surface area contributed by atoms with Gasteiger partial charge >= 0.3 is 35.8 Å². The molecule has 1 fully saturated rings. The molecule has 1 aromatic heterocycles. The third kappa shape index (κ3) is 28.2. The lowest BCUT2D eigenvalue weighted by Crippen LogP contribution is -2.62. The molecular weight excluding hydrogens is 1290 g/mol. The molecule has 1 aliphatic rings. The van der Waals surface area contributed by atoms with E-state index in [0.717, 1.165) is 4.90 Å². The van der Waals surface area contributed by atoms with E-state index in [-0.39, 0.29) is 38.1 Å². The number of likely N-dealkylation sites (tertiary alicyclic amines) is 1. The zero-order chi connectivity index (χ0) is 73.9. The maximum Gasteiger partial charge on any atom is 0.326 e. The number of aliphatic hydroxyl groups excluding tert-OH is 1. The number of aliphatic carboxylic acids is 6. The van der Waals surface area contributed by atoms with Crippen molar-refractivity contribution in [3.8, 4) is 0 Å². The van der Waals surface area contributed by atoms with Crippen LogP contribution in [0.5, 0.6) is 0 Å². The van der Waals surface area contributed by atoms with Crippen molar-refractivity contribution in [2.75, 3.05) is 19.7 Å². The number of nitrogens with zero attached hydrogens (tertiary/aromatic N) is 2. The van der Waals surface area contributed by atoms with Crippen LogP contribution in [0.25, 0.3) is 0 Å². The van der Waals surface area contributed by atoms with Crippen LogP contribution in [-0.2, 0) is 92.7 Å². The van der Waals surface area contributed by atoms with Gasteiger partial charge in [0.15, 0.2) is 0 Å². The summed E-state index contributed by atoms with van der Waals surface area (Å²) < 4.78 is 0.